The highest BCUT2D eigenvalue weighted by Gasteiger charge is 2.26. The van der Waals surface area contributed by atoms with E-state index in [4.69, 9.17) is 0 Å². The summed E-state index contributed by atoms with van der Waals surface area (Å²) in [5.41, 5.74) is 2.11. The predicted molar refractivity (Wildman–Crippen MR) is 94.0 cm³/mol. The molecule has 4 rings (SSSR count). The minimum atomic E-state index is 0.0313. The normalized spacial score (nSPS) is 18.2. The van der Waals surface area contributed by atoms with E-state index < -0.39 is 0 Å². The molecule has 2 N–H and O–H groups in total. The fraction of sp³-hybridized carbons (Fsp3) is 0.389. The molecule has 0 spiro atoms. The molecule has 1 saturated heterocycles. The summed E-state index contributed by atoms with van der Waals surface area (Å²) in [6, 6.07) is 2.10. The van der Waals surface area contributed by atoms with Gasteiger partial charge in [0.15, 0.2) is 0 Å². The molecule has 124 valence electrons. The molecule has 1 fully saturated rings. The van der Waals surface area contributed by atoms with E-state index in [-0.39, 0.29) is 6.03 Å². The summed E-state index contributed by atoms with van der Waals surface area (Å²) < 4.78 is 0. The van der Waals surface area contributed by atoms with Crippen molar-refractivity contribution in [3.05, 3.63) is 36.4 Å². The van der Waals surface area contributed by atoms with Gasteiger partial charge < -0.3 is 15.2 Å². The van der Waals surface area contributed by atoms with Crippen molar-refractivity contribution < 1.29 is 4.79 Å². The number of carbonyl (C=O) groups is 1. The lowest BCUT2D eigenvalue weighted by molar-refractivity contribution is 0.180. The molecule has 6 heteroatoms. The molecule has 4 heterocycles. The molecular weight excluding hydrogens is 302 g/mol. The first-order chi connectivity index (χ1) is 11.8. The number of likely N-dealkylation sites (tertiary alicyclic amines) is 1. The second-order valence-electron chi connectivity index (χ2n) is 6.31. The first kappa shape index (κ1) is 14.9. The van der Waals surface area contributed by atoms with Crippen LogP contribution in [0.2, 0.25) is 0 Å². The van der Waals surface area contributed by atoms with E-state index in [0.29, 0.717) is 12.5 Å². The molecule has 0 bridgehead atoms. The summed E-state index contributed by atoms with van der Waals surface area (Å²) in [5.74, 6) is 0.304. The maximum Gasteiger partial charge on any atom is 0.317 e. The van der Waals surface area contributed by atoms with E-state index in [0.717, 1.165) is 42.4 Å². The maximum atomic E-state index is 12.2. The molecule has 3 aromatic heterocycles. The van der Waals surface area contributed by atoms with Gasteiger partial charge in [-0.05, 0) is 31.4 Å². The summed E-state index contributed by atoms with van der Waals surface area (Å²) in [6.07, 6.45) is 9.70. The molecule has 1 aliphatic heterocycles. The van der Waals surface area contributed by atoms with Gasteiger partial charge in [0, 0.05) is 66.5 Å². The van der Waals surface area contributed by atoms with Crippen molar-refractivity contribution in [1.29, 1.82) is 0 Å². The Labute approximate surface area is 140 Å². The fourth-order valence-electron chi connectivity index (χ4n) is 3.69. The van der Waals surface area contributed by atoms with Crippen LogP contribution < -0.4 is 5.32 Å². The number of aromatic amines is 1. The van der Waals surface area contributed by atoms with Crippen molar-refractivity contribution in [1.82, 2.24) is 25.2 Å². The number of aromatic nitrogens is 3. The van der Waals surface area contributed by atoms with Crippen LogP contribution in [0.5, 0.6) is 0 Å². The van der Waals surface area contributed by atoms with Crippen LogP contribution in [0, 0.1) is 0 Å². The van der Waals surface area contributed by atoms with Crippen molar-refractivity contribution in [2.45, 2.75) is 25.7 Å². The number of urea groups is 1. The largest absolute Gasteiger partial charge is 0.346 e. The molecule has 0 saturated carbocycles. The average Bonchev–Trinajstić information content (AvgIpc) is 3.10. The lowest BCUT2D eigenvalue weighted by Gasteiger charge is -2.33. The van der Waals surface area contributed by atoms with Crippen molar-refractivity contribution in [3.8, 4) is 0 Å². The Morgan fingerprint density at radius 2 is 2.33 bits per heavy atom. The third-order valence-corrected chi connectivity index (χ3v) is 4.81. The van der Waals surface area contributed by atoms with Gasteiger partial charge in [-0.1, -0.05) is 0 Å². The van der Waals surface area contributed by atoms with Gasteiger partial charge in [-0.3, -0.25) is 4.98 Å². The van der Waals surface area contributed by atoms with Gasteiger partial charge in [0.25, 0.3) is 0 Å². The minimum absolute atomic E-state index is 0.0313. The summed E-state index contributed by atoms with van der Waals surface area (Å²) >= 11 is 0. The van der Waals surface area contributed by atoms with E-state index in [1.165, 1.54) is 10.9 Å². The molecule has 6 nitrogen and oxygen atoms in total. The van der Waals surface area contributed by atoms with Gasteiger partial charge in [-0.25, -0.2) is 9.78 Å². The molecule has 2 amide bonds. The number of amides is 2. The second-order valence-corrected chi connectivity index (χ2v) is 6.31. The summed E-state index contributed by atoms with van der Waals surface area (Å²) in [4.78, 5) is 26.2. The van der Waals surface area contributed by atoms with Crippen molar-refractivity contribution in [3.63, 3.8) is 0 Å². The molecular formula is C18H21N5O. The molecule has 24 heavy (non-hydrogen) atoms. The molecule has 1 atom stereocenters. The van der Waals surface area contributed by atoms with Gasteiger partial charge in [0.05, 0.1) is 0 Å². The van der Waals surface area contributed by atoms with Gasteiger partial charge in [0.2, 0.25) is 0 Å². The topological polar surface area (TPSA) is 73.9 Å². The van der Waals surface area contributed by atoms with Gasteiger partial charge in [-0.15, -0.1) is 0 Å². The lowest BCUT2D eigenvalue weighted by Crippen LogP contribution is -2.44. The zero-order chi connectivity index (χ0) is 16.5. The molecule has 0 aromatic carbocycles. The Morgan fingerprint density at radius 3 is 3.21 bits per heavy atom. The first-order valence-corrected chi connectivity index (χ1v) is 8.50. The van der Waals surface area contributed by atoms with Crippen LogP contribution in [0.4, 0.5) is 4.79 Å². The lowest BCUT2D eigenvalue weighted by atomic mass is 9.88. The number of hydrogen-bond donors (Lipinski definition) is 2. The quantitative estimate of drug-likeness (QED) is 0.761. The first-order valence-electron chi connectivity index (χ1n) is 8.50. The molecule has 1 unspecified atom stereocenters. The number of pyridine rings is 2. The van der Waals surface area contributed by atoms with E-state index >= 15 is 0 Å². The summed E-state index contributed by atoms with van der Waals surface area (Å²) in [6.45, 7) is 4.16. The van der Waals surface area contributed by atoms with Crippen LogP contribution in [-0.2, 0) is 0 Å². The maximum absolute atomic E-state index is 12.2. The van der Waals surface area contributed by atoms with Gasteiger partial charge in [0.1, 0.15) is 5.65 Å². The fourth-order valence-corrected chi connectivity index (χ4v) is 3.69. The smallest absolute Gasteiger partial charge is 0.317 e. The number of H-pyrrole nitrogens is 1. The summed E-state index contributed by atoms with van der Waals surface area (Å²) in [7, 11) is 0. The molecule has 0 radical (unpaired) electrons. The van der Waals surface area contributed by atoms with E-state index in [1.807, 2.05) is 36.6 Å². The summed E-state index contributed by atoms with van der Waals surface area (Å²) in [5, 5.41) is 6.29. The monoisotopic (exact) mass is 323 g/mol. The van der Waals surface area contributed by atoms with Crippen LogP contribution >= 0.6 is 0 Å². The second kappa shape index (κ2) is 6.11. The number of rotatable bonds is 2. The number of fused-ring (bicyclic) bond motifs is 3. The standard InChI is InChI=1S/C18H21N5O/c1-2-20-18(24)23-7-3-4-12(11-23)15-10-19-8-13-9-22-17-14(16(13)15)5-6-21-17/h5-6,8-10,12H,2-4,7,11H2,1H3,(H,20,24)(H,21,22). The molecule has 1 aliphatic rings. The third kappa shape index (κ3) is 2.48. The van der Waals surface area contributed by atoms with Crippen molar-refractivity contribution in [2.75, 3.05) is 19.6 Å². The Bertz CT molecular complexity index is 887. The Hall–Kier alpha value is -2.63. The van der Waals surface area contributed by atoms with Crippen LogP contribution in [-0.4, -0.2) is 45.5 Å². The van der Waals surface area contributed by atoms with Gasteiger partial charge in [-0.2, -0.15) is 0 Å². The van der Waals surface area contributed by atoms with E-state index in [1.54, 1.807) is 0 Å². The Kier molecular flexibility index (Phi) is 3.80. The van der Waals surface area contributed by atoms with Crippen molar-refractivity contribution >= 4 is 27.8 Å². The Morgan fingerprint density at radius 1 is 1.42 bits per heavy atom. The van der Waals surface area contributed by atoms with Crippen LogP contribution in [0.15, 0.2) is 30.9 Å². The zero-order valence-corrected chi connectivity index (χ0v) is 13.7. The highest BCUT2D eigenvalue weighted by molar-refractivity contribution is 6.06. The average molecular weight is 323 g/mol. The van der Waals surface area contributed by atoms with Crippen molar-refractivity contribution in [2.24, 2.45) is 0 Å². The molecule has 3 aromatic rings. The number of nitrogens with one attached hydrogen (secondary N) is 2. The zero-order valence-electron chi connectivity index (χ0n) is 13.7. The highest BCUT2D eigenvalue weighted by Crippen LogP contribution is 2.34. The van der Waals surface area contributed by atoms with Gasteiger partial charge >= 0.3 is 6.03 Å². The number of nitrogens with zero attached hydrogens (tertiary/aromatic N) is 3. The predicted octanol–water partition coefficient (Wildman–Crippen LogP) is 3.02. The minimum Gasteiger partial charge on any atom is -0.346 e. The third-order valence-electron chi connectivity index (χ3n) is 4.81. The number of carbonyl (C=O) groups excluding carboxylic acids is 1. The van der Waals surface area contributed by atoms with Crippen LogP contribution in [0.1, 0.15) is 31.2 Å². The van der Waals surface area contributed by atoms with Crippen LogP contribution in [0.3, 0.4) is 0 Å². The van der Waals surface area contributed by atoms with E-state index in [2.05, 4.69) is 26.3 Å². The SMILES string of the molecule is CCNC(=O)N1CCCC(c2cncc3cnc4[nH]ccc4c23)C1. The Balaban J connectivity index is 1.75. The number of hydrogen-bond acceptors (Lipinski definition) is 3. The van der Waals surface area contributed by atoms with E-state index in [9.17, 15) is 4.79 Å². The van der Waals surface area contributed by atoms with Crippen LogP contribution in [0.25, 0.3) is 21.8 Å². The number of piperidine rings is 1. The highest BCUT2D eigenvalue weighted by atomic mass is 16.2. The molecule has 0 aliphatic carbocycles.